The maximum absolute atomic E-state index is 5.97. The van der Waals surface area contributed by atoms with Gasteiger partial charge in [-0.15, -0.1) is 0 Å². The molecule has 26 heavy (non-hydrogen) atoms. The van der Waals surface area contributed by atoms with E-state index in [2.05, 4.69) is 10.3 Å². The molecule has 0 aliphatic carbocycles. The van der Waals surface area contributed by atoms with E-state index < -0.39 is 0 Å². The first-order chi connectivity index (χ1) is 12.7. The summed E-state index contributed by atoms with van der Waals surface area (Å²) < 4.78 is 11.4. The monoisotopic (exact) mass is 364 g/mol. The number of ether oxygens (including phenoxy) is 1. The molecule has 0 saturated heterocycles. The largest absolute Gasteiger partial charge is 0.496 e. The quantitative estimate of drug-likeness (QED) is 0.492. The van der Waals surface area contributed by atoms with Crippen LogP contribution in [0.1, 0.15) is 0 Å². The van der Waals surface area contributed by atoms with Gasteiger partial charge in [0, 0.05) is 17.8 Å². The predicted molar refractivity (Wildman–Crippen MR) is 106 cm³/mol. The molecule has 0 aliphatic rings. The van der Waals surface area contributed by atoms with Gasteiger partial charge in [-0.3, -0.25) is 0 Å². The van der Waals surface area contributed by atoms with Crippen molar-refractivity contribution < 1.29 is 9.15 Å². The Morgan fingerprint density at radius 3 is 2.46 bits per heavy atom. The highest BCUT2D eigenvalue weighted by Crippen LogP contribution is 2.35. The average molecular weight is 365 g/mol. The fraction of sp³-hybridized carbons (Fsp3) is 0.0952. The summed E-state index contributed by atoms with van der Waals surface area (Å²) in [5.74, 6) is 1.25. The number of rotatable bonds is 4. The number of anilines is 1. The van der Waals surface area contributed by atoms with Crippen molar-refractivity contribution in [3.05, 3.63) is 65.7 Å². The molecule has 0 amide bonds. The lowest BCUT2D eigenvalue weighted by molar-refractivity contribution is 0.415. The van der Waals surface area contributed by atoms with Gasteiger partial charge in [-0.25, -0.2) is 4.98 Å². The van der Waals surface area contributed by atoms with E-state index in [0.717, 1.165) is 38.5 Å². The summed E-state index contributed by atoms with van der Waals surface area (Å²) in [4.78, 5) is 4.67. The van der Waals surface area contributed by atoms with Gasteiger partial charge < -0.3 is 14.5 Å². The standard InChI is InChI=1S/C21H17ClN2O2/c1-23-16-8-10-19(25-2)17(12-16)21-24-18-11-14(5-9-20(18)26-21)13-3-6-15(22)7-4-13/h3-12,23H,1-2H3. The van der Waals surface area contributed by atoms with Crippen LogP contribution in [0, 0.1) is 0 Å². The van der Waals surface area contributed by atoms with E-state index in [4.69, 9.17) is 20.8 Å². The van der Waals surface area contributed by atoms with Gasteiger partial charge in [0.05, 0.1) is 12.7 Å². The molecule has 1 aromatic heterocycles. The number of hydrogen-bond donors (Lipinski definition) is 1. The van der Waals surface area contributed by atoms with E-state index in [9.17, 15) is 0 Å². The number of aromatic nitrogens is 1. The lowest BCUT2D eigenvalue weighted by Gasteiger charge is -2.07. The van der Waals surface area contributed by atoms with Crippen molar-refractivity contribution in [1.29, 1.82) is 0 Å². The molecule has 1 N–H and O–H groups in total. The summed E-state index contributed by atoms with van der Waals surface area (Å²) in [6, 6.07) is 19.5. The fourth-order valence-corrected chi connectivity index (χ4v) is 3.02. The summed E-state index contributed by atoms with van der Waals surface area (Å²) >= 11 is 5.97. The smallest absolute Gasteiger partial charge is 0.231 e. The third-order valence-electron chi connectivity index (χ3n) is 4.28. The Bertz CT molecular complexity index is 1070. The van der Waals surface area contributed by atoms with Crippen molar-refractivity contribution in [2.45, 2.75) is 0 Å². The molecule has 0 bridgehead atoms. The second-order valence-electron chi connectivity index (χ2n) is 5.87. The molecular weight excluding hydrogens is 348 g/mol. The van der Waals surface area contributed by atoms with Crippen LogP contribution in [-0.2, 0) is 0 Å². The third-order valence-corrected chi connectivity index (χ3v) is 4.54. The number of nitrogens with one attached hydrogen (secondary N) is 1. The molecule has 0 aliphatic heterocycles. The van der Waals surface area contributed by atoms with Gasteiger partial charge in [-0.1, -0.05) is 29.8 Å². The average Bonchev–Trinajstić information content (AvgIpc) is 3.11. The zero-order valence-corrected chi connectivity index (χ0v) is 15.2. The number of benzene rings is 3. The molecule has 0 radical (unpaired) electrons. The van der Waals surface area contributed by atoms with Crippen LogP contribution < -0.4 is 10.1 Å². The number of oxazole rings is 1. The van der Waals surface area contributed by atoms with E-state index in [-0.39, 0.29) is 0 Å². The van der Waals surface area contributed by atoms with Crippen LogP contribution in [0.3, 0.4) is 0 Å². The highest BCUT2D eigenvalue weighted by Gasteiger charge is 2.14. The van der Waals surface area contributed by atoms with Gasteiger partial charge in [0.25, 0.3) is 0 Å². The number of fused-ring (bicyclic) bond motifs is 1. The first kappa shape index (κ1) is 16.5. The van der Waals surface area contributed by atoms with Crippen LogP contribution in [0.5, 0.6) is 5.75 Å². The van der Waals surface area contributed by atoms with Crippen molar-refractivity contribution in [3.63, 3.8) is 0 Å². The maximum Gasteiger partial charge on any atom is 0.231 e. The molecule has 0 unspecified atom stereocenters. The highest BCUT2D eigenvalue weighted by molar-refractivity contribution is 6.30. The summed E-state index contributed by atoms with van der Waals surface area (Å²) in [5, 5.41) is 3.84. The minimum Gasteiger partial charge on any atom is -0.496 e. The summed E-state index contributed by atoms with van der Waals surface area (Å²) in [7, 11) is 3.51. The van der Waals surface area contributed by atoms with Crippen molar-refractivity contribution in [2.75, 3.05) is 19.5 Å². The van der Waals surface area contributed by atoms with Gasteiger partial charge in [-0.2, -0.15) is 0 Å². The molecule has 5 heteroatoms. The molecule has 4 nitrogen and oxygen atoms in total. The Hall–Kier alpha value is -2.98. The van der Waals surface area contributed by atoms with E-state index in [1.165, 1.54) is 0 Å². The van der Waals surface area contributed by atoms with Crippen LogP contribution in [0.2, 0.25) is 5.02 Å². The zero-order valence-electron chi connectivity index (χ0n) is 14.4. The molecule has 0 spiro atoms. The molecule has 130 valence electrons. The van der Waals surface area contributed by atoms with Crippen molar-refractivity contribution in [3.8, 4) is 28.3 Å². The number of hydrogen-bond acceptors (Lipinski definition) is 4. The fourth-order valence-electron chi connectivity index (χ4n) is 2.90. The van der Waals surface area contributed by atoms with Gasteiger partial charge in [0.1, 0.15) is 11.3 Å². The van der Waals surface area contributed by atoms with Gasteiger partial charge in [0.2, 0.25) is 5.89 Å². The van der Waals surface area contributed by atoms with Crippen LogP contribution >= 0.6 is 11.6 Å². The van der Waals surface area contributed by atoms with E-state index in [0.29, 0.717) is 11.6 Å². The molecule has 3 aromatic carbocycles. The second kappa shape index (κ2) is 6.73. The minimum absolute atomic E-state index is 0.530. The molecule has 1 heterocycles. The molecule has 4 rings (SSSR count). The molecule has 0 saturated carbocycles. The number of halogens is 1. The van der Waals surface area contributed by atoms with Crippen LogP contribution in [0.4, 0.5) is 5.69 Å². The SMILES string of the molecule is CNc1ccc(OC)c(-c2nc3cc(-c4ccc(Cl)cc4)ccc3o2)c1. The minimum atomic E-state index is 0.530. The Kier molecular flexibility index (Phi) is 4.27. The summed E-state index contributed by atoms with van der Waals surface area (Å²) in [6.45, 7) is 0. The third kappa shape index (κ3) is 3.00. The van der Waals surface area contributed by atoms with E-state index >= 15 is 0 Å². The maximum atomic E-state index is 5.97. The Labute approximate surface area is 156 Å². The first-order valence-electron chi connectivity index (χ1n) is 8.20. The van der Waals surface area contributed by atoms with Crippen molar-refractivity contribution in [1.82, 2.24) is 4.98 Å². The Morgan fingerprint density at radius 1 is 0.962 bits per heavy atom. The van der Waals surface area contributed by atoms with Gasteiger partial charge in [0.15, 0.2) is 5.58 Å². The molecule has 0 atom stereocenters. The highest BCUT2D eigenvalue weighted by atomic mass is 35.5. The second-order valence-corrected chi connectivity index (χ2v) is 6.31. The normalized spacial score (nSPS) is 10.9. The zero-order chi connectivity index (χ0) is 18.1. The lowest BCUT2D eigenvalue weighted by atomic mass is 10.1. The predicted octanol–water partition coefficient (Wildman–Crippen LogP) is 5.87. The summed E-state index contributed by atoms with van der Waals surface area (Å²) in [5.41, 5.74) is 5.44. The summed E-state index contributed by atoms with van der Waals surface area (Å²) in [6.07, 6.45) is 0. The van der Waals surface area contributed by atoms with E-state index in [1.807, 2.05) is 67.7 Å². The van der Waals surface area contributed by atoms with Gasteiger partial charge >= 0.3 is 0 Å². The van der Waals surface area contributed by atoms with Crippen molar-refractivity contribution >= 4 is 28.4 Å². The number of nitrogens with zero attached hydrogens (tertiary/aromatic N) is 1. The molecule has 4 aromatic rings. The van der Waals surface area contributed by atoms with Gasteiger partial charge in [-0.05, 0) is 53.6 Å². The Balaban J connectivity index is 1.80. The Morgan fingerprint density at radius 2 is 1.73 bits per heavy atom. The van der Waals surface area contributed by atoms with Crippen LogP contribution in [0.15, 0.2) is 65.1 Å². The molecular formula is C21H17ClN2O2. The lowest BCUT2D eigenvalue weighted by Crippen LogP contribution is -1.92. The van der Waals surface area contributed by atoms with E-state index in [1.54, 1.807) is 7.11 Å². The topological polar surface area (TPSA) is 47.3 Å². The van der Waals surface area contributed by atoms with Crippen molar-refractivity contribution in [2.24, 2.45) is 0 Å². The van der Waals surface area contributed by atoms with Crippen LogP contribution in [0.25, 0.3) is 33.7 Å². The number of methoxy groups -OCH3 is 1. The first-order valence-corrected chi connectivity index (χ1v) is 8.58. The van der Waals surface area contributed by atoms with Crippen LogP contribution in [-0.4, -0.2) is 19.1 Å². The molecule has 0 fully saturated rings.